The standard InChI is InChI=1S/C14H19NO3/c1-10-6-8-12(9-7-10)11(2)15-13(16)4-3-5-14(17)18/h6-9,11H,3-5H2,1-2H3,(H,15,16)(H,17,18)/t11-/m0/s1. The molecule has 0 radical (unpaired) electrons. The molecule has 0 fully saturated rings. The summed E-state index contributed by atoms with van der Waals surface area (Å²) in [4.78, 5) is 21.9. The first-order valence-electron chi connectivity index (χ1n) is 6.07. The first-order chi connectivity index (χ1) is 8.49. The van der Waals surface area contributed by atoms with E-state index in [4.69, 9.17) is 5.11 Å². The number of rotatable bonds is 6. The van der Waals surface area contributed by atoms with Crippen molar-refractivity contribution in [3.63, 3.8) is 0 Å². The van der Waals surface area contributed by atoms with Crippen molar-refractivity contribution in [2.24, 2.45) is 0 Å². The summed E-state index contributed by atoms with van der Waals surface area (Å²) < 4.78 is 0. The van der Waals surface area contributed by atoms with Crippen molar-refractivity contribution >= 4 is 11.9 Å². The zero-order chi connectivity index (χ0) is 13.5. The molecule has 0 unspecified atom stereocenters. The first kappa shape index (κ1) is 14.2. The molecule has 0 saturated carbocycles. The van der Waals surface area contributed by atoms with Crippen molar-refractivity contribution in [3.8, 4) is 0 Å². The van der Waals surface area contributed by atoms with Gasteiger partial charge in [0.2, 0.25) is 5.91 Å². The Kier molecular flexibility index (Phi) is 5.36. The molecule has 1 aromatic rings. The monoisotopic (exact) mass is 249 g/mol. The van der Waals surface area contributed by atoms with Crippen molar-refractivity contribution < 1.29 is 14.7 Å². The number of carboxylic acid groups (broad SMARTS) is 1. The van der Waals surface area contributed by atoms with Crippen LogP contribution in [0.4, 0.5) is 0 Å². The molecule has 18 heavy (non-hydrogen) atoms. The summed E-state index contributed by atoms with van der Waals surface area (Å²) in [7, 11) is 0. The van der Waals surface area contributed by atoms with E-state index >= 15 is 0 Å². The number of nitrogens with one attached hydrogen (secondary N) is 1. The Bertz CT molecular complexity index is 412. The molecule has 0 aliphatic rings. The molecular weight excluding hydrogens is 230 g/mol. The van der Waals surface area contributed by atoms with Crippen molar-refractivity contribution in [2.45, 2.75) is 39.2 Å². The molecule has 1 atom stereocenters. The lowest BCUT2D eigenvalue weighted by molar-refractivity contribution is -0.137. The van der Waals surface area contributed by atoms with Gasteiger partial charge in [0.05, 0.1) is 6.04 Å². The predicted octanol–water partition coefficient (Wildman–Crippen LogP) is 2.43. The third kappa shape index (κ3) is 4.99. The summed E-state index contributed by atoms with van der Waals surface area (Å²) >= 11 is 0. The second-order valence-corrected chi connectivity index (χ2v) is 4.45. The van der Waals surface area contributed by atoms with Gasteiger partial charge in [0.25, 0.3) is 0 Å². The number of aryl methyl sites for hydroxylation is 1. The third-order valence-corrected chi connectivity index (χ3v) is 2.75. The van der Waals surface area contributed by atoms with E-state index in [-0.39, 0.29) is 24.8 Å². The number of hydrogen-bond donors (Lipinski definition) is 2. The number of carbonyl (C=O) groups is 2. The van der Waals surface area contributed by atoms with Gasteiger partial charge < -0.3 is 10.4 Å². The summed E-state index contributed by atoms with van der Waals surface area (Å²) in [6.45, 7) is 3.93. The summed E-state index contributed by atoms with van der Waals surface area (Å²) in [5, 5.41) is 11.3. The number of benzene rings is 1. The van der Waals surface area contributed by atoms with Gasteiger partial charge in [0, 0.05) is 12.8 Å². The van der Waals surface area contributed by atoms with E-state index in [0.717, 1.165) is 5.56 Å². The highest BCUT2D eigenvalue weighted by Crippen LogP contribution is 2.13. The number of amides is 1. The van der Waals surface area contributed by atoms with Crippen LogP contribution in [0.25, 0.3) is 0 Å². The Balaban J connectivity index is 2.39. The average molecular weight is 249 g/mol. The van der Waals surface area contributed by atoms with E-state index < -0.39 is 5.97 Å². The van der Waals surface area contributed by atoms with Crippen LogP contribution in [0.2, 0.25) is 0 Å². The van der Waals surface area contributed by atoms with Crippen LogP contribution >= 0.6 is 0 Å². The lowest BCUT2D eigenvalue weighted by Gasteiger charge is -2.14. The van der Waals surface area contributed by atoms with E-state index in [1.54, 1.807) is 0 Å². The van der Waals surface area contributed by atoms with Gasteiger partial charge in [0.15, 0.2) is 0 Å². The SMILES string of the molecule is Cc1ccc([C@H](C)NC(=O)CCCC(=O)O)cc1. The first-order valence-corrected chi connectivity index (χ1v) is 6.07. The molecule has 1 rings (SSSR count). The molecule has 0 saturated heterocycles. The number of aliphatic carboxylic acids is 1. The molecule has 98 valence electrons. The highest BCUT2D eigenvalue weighted by Gasteiger charge is 2.09. The second-order valence-electron chi connectivity index (χ2n) is 4.45. The van der Waals surface area contributed by atoms with Crippen LogP contribution in [0.1, 0.15) is 43.4 Å². The minimum atomic E-state index is -0.866. The fourth-order valence-corrected chi connectivity index (χ4v) is 1.65. The van der Waals surface area contributed by atoms with Gasteiger partial charge in [0.1, 0.15) is 0 Å². The quantitative estimate of drug-likeness (QED) is 0.813. The minimum absolute atomic E-state index is 0.0341. The molecule has 4 nitrogen and oxygen atoms in total. The molecule has 4 heteroatoms. The molecule has 1 aromatic carbocycles. The normalized spacial score (nSPS) is 11.9. The molecule has 1 amide bonds. The van der Waals surface area contributed by atoms with Gasteiger partial charge >= 0.3 is 5.97 Å². The average Bonchev–Trinajstić information content (AvgIpc) is 2.29. The topological polar surface area (TPSA) is 66.4 Å². The second kappa shape index (κ2) is 6.79. The Morgan fingerprint density at radius 1 is 1.22 bits per heavy atom. The molecule has 0 aromatic heterocycles. The van der Waals surface area contributed by atoms with E-state index in [2.05, 4.69) is 5.32 Å². The van der Waals surface area contributed by atoms with Crippen LogP contribution in [-0.4, -0.2) is 17.0 Å². The van der Waals surface area contributed by atoms with Crippen LogP contribution in [0.5, 0.6) is 0 Å². The van der Waals surface area contributed by atoms with Crippen molar-refractivity contribution in [1.29, 1.82) is 0 Å². The Morgan fingerprint density at radius 2 is 1.83 bits per heavy atom. The lowest BCUT2D eigenvalue weighted by atomic mass is 10.1. The third-order valence-electron chi connectivity index (χ3n) is 2.75. The summed E-state index contributed by atoms with van der Waals surface area (Å²) in [5.74, 6) is -0.973. The smallest absolute Gasteiger partial charge is 0.303 e. The maximum atomic E-state index is 11.6. The molecule has 2 N–H and O–H groups in total. The molecule has 0 heterocycles. The zero-order valence-corrected chi connectivity index (χ0v) is 10.8. The summed E-state index contributed by atoms with van der Waals surface area (Å²) in [5.41, 5.74) is 2.23. The van der Waals surface area contributed by atoms with E-state index in [0.29, 0.717) is 6.42 Å². The predicted molar refractivity (Wildman–Crippen MR) is 69.2 cm³/mol. The fourth-order valence-electron chi connectivity index (χ4n) is 1.65. The molecule has 0 aliphatic heterocycles. The van der Waals surface area contributed by atoms with Crippen LogP contribution in [0, 0.1) is 6.92 Å². The molecule has 0 bridgehead atoms. The van der Waals surface area contributed by atoms with Gasteiger partial charge in [-0.2, -0.15) is 0 Å². The molecule has 0 aliphatic carbocycles. The molecular formula is C14H19NO3. The lowest BCUT2D eigenvalue weighted by Crippen LogP contribution is -2.26. The Morgan fingerprint density at radius 3 is 2.39 bits per heavy atom. The fraction of sp³-hybridized carbons (Fsp3) is 0.429. The van der Waals surface area contributed by atoms with Crippen LogP contribution in [-0.2, 0) is 9.59 Å². The van der Waals surface area contributed by atoms with E-state index in [1.807, 2.05) is 38.1 Å². The summed E-state index contributed by atoms with van der Waals surface area (Å²) in [6, 6.07) is 7.92. The highest BCUT2D eigenvalue weighted by molar-refractivity contribution is 5.77. The Hall–Kier alpha value is -1.84. The van der Waals surface area contributed by atoms with Gasteiger partial charge in [-0.1, -0.05) is 29.8 Å². The molecule has 0 spiro atoms. The Labute approximate surface area is 107 Å². The van der Waals surface area contributed by atoms with Gasteiger partial charge in [-0.25, -0.2) is 0 Å². The van der Waals surface area contributed by atoms with E-state index in [9.17, 15) is 9.59 Å². The maximum absolute atomic E-state index is 11.6. The van der Waals surface area contributed by atoms with Crippen molar-refractivity contribution in [1.82, 2.24) is 5.32 Å². The number of carboxylic acids is 1. The minimum Gasteiger partial charge on any atom is -0.481 e. The van der Waals surface area contributed by atoms with Crippen molar-refractivity contribution in [3.05, 3.63) is 35.4 Å². The number of hydrogen-bond acceptors (Lipinski definition) is 2. The highest BCUT2D eigenvalue weighted by atomic mass is 16.4. The van der Waals surface area contributed by atoms with Gasteiger partial charge in [-0.05, 0) is 25.8 Å². The zero-order valence-electron chi connectivity index (χ0n) is 10.8. The number of carbonyl (C=O) groups excluding carboxylic acids is 1. The largest absolute Gasteiger partial charge is 0.481 e. The summed E-state index contributed by atoms with van der Waals surface area (Å²) in [6.07, 6.45) is 0.663. The maximum Gasteiger partial charge on any atom is 0.303 e. The van der Waals surface area contributed by atoms with Gasteiger partial charge in [-0.3, -0.25) is 9.59 Å². The van der Waals surface area contributed by atoms with Crippen LogP contribution < -0.4 is 5.32 Å². The van der Waals surface area contributed by atoms with Crippen LogP contribution in [0.3, 0.4) is 0 Å². The van der Waals surface area contributed by atoms with Crippen LogP contribution in [0.15, 0.2) is 24.3 Å². The van der Waals surface area contributed by atoms with Gasteiger partial charge in [-0.15, -0.1) is 0 Å². The van der Waals surface area contributed by atoms with E-state index in [1.165, 1.54) is 5.56 Å². The van der Waals surface area contributed by atoms with Crippen molar-refractivity contribution in [2.75, 3.05) is 0 Å².